The van der Waals surface area contributed by atoms with Crippen molar-refractivity contribution in [3.05, 3.63) is 39.7 Å². The minimum absolute atomic E-state index is 0.255. The summed E-state index contributed by atoms with van der Waals surface area (Å²) in [5, 5.41) is 13.4. The van der Waals surface area contributed by atoms with E-state index in [4.69, 9.17) is 16.9 Å². The molecule has 0 saturated heterocycles. The highest BCUT2D eigenvalue weighted by molar-refractivity contribution is 9.10. The van der Waals surface area contributed by atoms with E-state index in [0.717, 1.165) is 5.69 Å². The van der Waals surface area contributed by atoms with Crippen molar-refractivity contribution in [2.75, 3.05) is 0 Å². The molecule has 4 nitrogen and oxygen atoms in total. The van der Waals surface area contributed by atoms with Crippen LogP contribution in [0.15, 0.2) is 29.0 Å². The van der Waals surface area contributed by atoms with Crippen molar-refractivity contribution < 1.29 is 0 Å². The molecule has 16 heavy (non-hydrogen) atoms. The van der Waals surface area contributed by atoms with Gasteiger partial charge in [0.15, 0.2) is 5.82 Å². The van der Waals surface area contributed by atoms with E-state index in [0.29, 0.717) is 15.4 Å². The van der Waals surface area contributed by atoms with Crippen molar-refractivity contribution in [3.63, 3.8) is 0 Å². The Morgan fingerprint density at radius 1 is 1.56 bits per heavy atom. The second-order valence-corrected chi connectivity index (χ2v) is 4.23. The van der Waals surface area contributed by atoms with Gasteiger partial charge in [0.05, 0.1) is 23.2 Å². The highest BCUT2D eigenvalue weighted by Crippen LogP contribution is 2.21. The highest BCUT2D eigenvalue weighted by Gasteiger charge is 2.11. The Bertz CT molecular complexity index is 558. The summed E-state index contributed by atoms with van der Waals surface area (Å²) in [6.07, 6.45) is 1.89. The number of rotatable bonds is 2. The van der Waals surface area contributed by atoms with Gasteiger partial charge in [-0.3, -0.25) is 0 Å². The molecule has 2 rings (SSSR count). The predicted molar refractivity (Wildman–Crippen MR) is 63.4 cm³/mol. The van der Waals surface area contributed by atoms with Gasteiger partial charge in [0, 0.05) is 6.20 Å². The minimum Gasteiger partial charge on any atom is -0.236 e. The molecule has 2 heterocycles. The second kappa shape index (κ2) is 4.64. The zero-order valence-corrected chi connectivity index (χ0v) is 10.4. The minimum atomic E-state index is 0.255. The standard InChI is InChI=1S/C10H6BrClN4/c11-9-6-7(3-4-13)16(15-9)10-8(12)2-1-5-14-10/h1-2,5-6H,3H2. The number of nitrogens with zero attached hydrogens (tertiary/aromatic N) is 4. The van der Waals surface area contributed by atoms with Crippen LogP contribution >= 0.6 is 27.5 Å². The lowest BCUT2D eigenvalue weighted by molar-refractivity contribution is 0.798. The molecule has 0 aliphatic heterocycles. The fourth-order valence-corrected chi connectivity index (χ4v) is 1.94. The first-order valence-corrected chi connectivity index (χ1v) is 5.61. The second-order valence-electron chi connectivity index (χ2n) is 3.01. The molecule has 0 aliphatic rings. The maximum atomic E-state index is 8.71. The fraction of sp³-hybridized carbons (Fsp3) is 0.100. The summed E-state index contributed by atoms with van der Waals surface area (Å²) in [7, 11) is 0. The molecule has 0 saturated carbocycles. The number of halogens is 2. The highest BCUT2D eigenvalue weighted by atomic mass is 79.9. The Hall–Kier alpha value is -1.38. The van der Waals surface area contributed by atoms with Crippen LogP contribution in [0.25, 0.3) is 5.82 Å². The van der Waals surface area contributed by atoms with Crippen LogP contribution in [0.3, 0.4) is 0 Å². The molecule has 0 aliphatic carbocycles. The summed E-state index contributed by atoms with van der Waals surface area (Å²) in [6.45, 7) is 0. The van der Waals surface area contributed by atoms with E-state index in [1.54, 1.807) is 29.1 Å². The lowest BCUT2D eigenvalue weighted by Gasteiger charge is -2.04. The van der Waals surface area contributed by atoms with Crippen LogP contribution < -0.4 is 0 Å². The Labute approximate surface area is 106 Å². The average molecular weight is 298 g/mol. The summed E-state index contributed by atoms with van der Waals surface area (Å²) < 4.78 is 2.22. The van der Waals surface area contributed by atoms with Crippen molar-refractivity contribution in [1.82, 2.24) is 14.8 Å². The van der Waals surface area contributed by atoms with Crippen molar-refractivity contribution in [2.45, 2.75) is 6.42 Å². The molecule has 0 radical (unpaired) electrons. The molecule has 0 fully saturated rings. The Morgan fingerprint density at radius 2 is 2.38 bits per heavy atom. The molecule has 6 heteroatoms. The van der Waals surface area contributed by atoms with Crippen molar-refractivity contribution in [3.8, 4) is 11.9 Å². The van der Waals surface area contributed by atoms with Gasteiger partial charge in [-0.05, 0) is 34.1 Å². The average Bonchev–Trinajstić information content (AvgIpc) is 2.61. The first-order chi connectivity index (χ1) is 7.72. The molecule has 2 aromatic heterocycles. The summed E-state index contributed by atoms with van der Waals surface area (Å²) >= 11 is 9.28. The van der Waals surface area contributed by atoms with Gasteiger partial charge in [0.2, 0.25) is 0 Å². The van der Waals surface area contributed by atoms with Gasteiger partial charge >= 0.3 is 0 Å². The molecule has 0 bridgehead atoms. The smallest absolute Gasteiger partial charge is 0.172 e. The van der Waals surface area contributed by atoms with Gasteiger partial charge in [-0.2, -0.15) is 10.4 Å². The summed E-state index contributed by atoms with van der Waals surface area (Å²) in [6, 6.07) is 7.32. The Balaban J connectivity index is 2.56. The van der Waals surface area contributed by atoms with Gasteiger partial charge in [-0.1, -0.05) is 11.6 Å². The molecular formula is C10H6BrClN4. The van der Waals surface area contributed by atoms with E-state index in [-0.39, 0.29) is 6.42 Å². The van der Waals surface area contributed by atoms with Crippen LogP contribution in [-0.4, -0.2) is 14.8 Å². The lowest BCUT2D eigenvalue weighted by atomic mass is 10.3. The molecular weight excluding hydrogens is 291 g/mol. The van der Waals surface area contributed by atoms with Crippen LogP contribution in [-0.2, 0) is 6.42 Å². The molecule has 80 valence electrons. The first kappa shape index (κ1) is 11.1. The zero-order chi connectivity index (χ0) is 11.5. The van der Waals surface area contributed by atoms with Gasteiger partial charge in [0.1, 0.15) is 4.60 Å². The van der Waals surface area contributed by atoms with Gasteiger partial charge in [-0.15, -0.1) is 0 Å². The lowest BCUT2D eigenvalue weighted by Crippen LogP contribution is -2.04. The van der Waals surface area contributed by atoms with Gasteiger partial charge in [-0.25, -0.2) is 9.67 Å². The predicted octanol–water partition coefficient (Wildman–Crippen LogP) is 2.75. The SMILES string of the molecule is N#CCc1cc(Br)nn1-c1ncccc1Cl. The van der Waals surface area contributed by atoms with Crippen LogP contribution in [0, 0.1) is 11.3 Å². The van der Waals surface area contributed by atoms with E-state index in [2.05, 4.69) is 32.1 Å². The van der Waals surface area contributed by atoms with E-state index < -0.39 is 0 Å². The molecule has 0 atom stereocenters. The van der Waals surface area contributed by atoms with Crippen LogP contribution in [0.4, 0.5) is 0 Å². The van der Waals surface area contributed by atoms with Crippen LogP contribution in [0.5, 0.6) is 0 Å². The summed E-state index contributed by atoms with van der Waals surface area (Å²) in [5.41, 5.74) is 0.745. The molecule has 0 unspecified atom stereocenters. The number of aromatic nitrogens is 3. The zero-order valence-electron chi connectivity index (χ0n) is 8.06. The largest absolute Gasteiger partial charge is 0.236 e. The number of hydrogen-bond donors (Lipinski definition) is 0. The third kappa shape index (κ3) is 2.08. The molecule has 0 amide bonds. The van der Waals surface area contributed by atoms with Gasteiger partial charge < -0.3 is 0 Å². The third-order valence-electron chi connectivity index (χ3n) is 1.95. The monoisotopic (exact) mass is 296 g/mol. The van der Waals surface area contributed by atoms with E-state index in [1.807, 2.05) is 0 Å². The maximum absolute atomic E-state index is 8.71. The Morgan fingerprint density at radius 3 is 3.06 bits per heavy atom. The molecule has 0 spiro atoms. The van der Waals surface area contributed by atoms with Crippen molar-refractivity contribution >= 4 is 27.5 Å². The maximum Gasteiger partial charge on any atom is 0.172 e. The van der Waals surface area contributed by atoms with Crippen molar-refractivity contribution in [1.29, 1.82) is 5.26 Å². The van der Waals surface area contributed by atoms with Gasteiger partial charge in [0.25, 0.3) is 0 Å². The third-order valence-corrected chi connectivity index (χ3v) is 2.64. The molecule has 2 aromatic rings. The fourth-order valence-electron chi connectivity index (χ4n) is 1.31. The quantitative estimate of drug-likeness (QED) is 0.856. The summed E-state index contributed by atoms with van der Waals surface area (Å²) in [5.74, 6) is 0.528. The molecule has 0 N–H and O–H groups in total. The number of pyridine rings is 1. The molecule has 0 aromatic carbocycles. The summed E-state index contributed by atoms with van der Waals surface area (Å²) in [4.78, 5) is 4.14. The number of hydrogen-bond acceptors (Lipinski definition) is 3. The van der Waals surface area contributed by atoms with Crippen LogP contribution in [0.1, 0.15) is 5.69 Å². The van der Waals surface area contributed by atoms with E-state index >= 15 is 0 Å². The van der Waals surface area contributed by atoms with E-state index in [1.165, 1.54) is 0 Å². The normalized spacial score (nSPS) is 10.1. The van der Waals surface area contributed by atoms with Crippen molar-refractivity contribution in [2.24, 2.45) is 0 Å². The Kier molecular flexibility index (Phi) is 3.22. The number of nitriles is 1. The van der Waals surface area contributed by atoms with E-state index in [9.17, 15) is 0 Å². The topological polar surface area (TPSA) is 54.5 Å². The van der Waals surface area contributed by atoms with Crippen LogP contribution in [0.2, 0.25) is 5.02 Å². The first-order valence-electron chi connectivity index (χ1n) is 4.44.